The first-order valence-corrected chi connectivity index (χ1v) is 7.98. The van der Waals surface area contributed by atoms with E-state index in [4.69, 9.17) is 9.15 Å². The van der Waals surface area contributed by atoms with Gasteiger partial charge in [-0.2, -0.15) is 0 Å². The maximum Gasteiger partial charge on any atom is 0.322 e. The highest BCUT2D eigenvalue weighted by Crippen LogP contribution is 2.18. The molecule has 2 heterocycles. The van der Waals surface area contributed by atoms with Crippen LogP contribution in [0.5, 0.6) is 0 Å². The number of urea groups is 1. The van der Waals surface area contributed by atoms with Crippen LogP contribution in [0.1, 0.15) is 24.2 Å². The van der Waals surface area contributed by atoms with E-state index in [-0.39, 0.29) is 12.1 Å². The number of para-hydroxylation sites is 1. The molecule has 0 radical (unpaired) electrons. The first-order chi connectivity index (χ1) is 11.2. The van der Waals surface area contributed by atoms with Crippen LogP contribution in [0, 0.1) is 6.92 Å². The SMILES string of the molecule is Cc1ccccc1NC(=O)N(Cc1ccco1)CC1CCCO1. The number of rotatable bonds is 5. The van der Waals surface area contributed by atoms with Crippen molar-refractivity contribution in [3.05, 3.63) is 54.0 Å². The van der Waals surface area contributed by atoms with Gasteiger partial charge in [-0.1, -0.05) is 18.2 Å². The maximum absolute atomic E-state index is 12.7. The molecule has 0 spiro atoms. The highest BCUT2D eigenvalue weighted by atomic mass is 16.5. The normalized spacial score (nSPS) is 17.2. The van der Waals surface area contributed by atoms with Gasteiger partial charge in [0.2, 0.25) is 0 Å². The van der Waals surface area contributed by atoms with E-state index in [0.717, 1.165) is 36.5 Å². The molecule has 5 heteroatoms. The van der Waals surface area contributed by atoms with Crippen LogP contribution in [0.2, 0.25) is 0 Å². The van der Waals surface area contributed by atoms with Crippen molar-refractivity contribution >= 4 is 11.7 Å². The van der Waals surface area contributed by atoms with Gasteiger partial charge in [-0.15, -0.1) is 0 Å². The smallest absolute Gasteiger partial charge is 0.322 e. The van der Waals surface area contributed by atoms with E-state index >= 15 is 0 Å². The van der Waals surface area contributed by atoms with Crippen LogP contribution in [0.15, 0.2) is 47.1 Å². The Hall–Kier alpha value is -2.27. The Labute approximate surface area is 136 Å². The molecule has 2 aromatic rings. The zero-order valence-electron chi connectivity index (χ0n) is 13.3. The van der Waals surface area contributed by atoms with Gasteiger partial charge in [0.05, 0.1) is 18.9 Å². The Kier molecular flexibility index (Phi) is 4.98. The third kappa shape index (κ3) is 4.13. The molecule has 0 aliphatic carbocycles. The minimum absolute atomic E-state index is 0.104. The summed E-state index contributed by atoms with van der Waals surface area (Å²) >= 11 is 0. The zero-order chi connectivity index (χ0) is 16.1. The van der Waals surface area contributed by atoms with Crippen molar-refractivity contribution in [2.75, 3.05) is 18.5 Å². The number of hydrogen-bond donors (Lipinski definition) is 1. The molecule has 1 unspecified atom stereocenters. The summed E-state index contributed by atoms with van der Waals surface area (Å²) in [5.74, 6) is 0.767. The topological polar surface area (TPSA) is 54.7 Å². The van der Waals surface area contributed by atoms with Crippen LogP contribution in [-0.4, -0.2) is 30.2 Å². The number of nitrogens with one attached hydrogen (secondary N) is 1. The second-order valence-corrected chi connectivity index (χ2v) is 5.84. The van der Waals surface area contributed by atoms with Gasteiger partial charge < -0.3 is 19.4 Å². The second-order valence-electron chi connectivity index (χ2n) is 5.84. The van der Waals surface area contributed by atoms with E-state index in [0.29, 0.717) is 13.1 Å². The van der Waals surface area contributed by atoms with Crippen LogP contribution in [0.25, 0.3) is 0 Å². The number of carbonyl (C=O) groups is 1. The quantitative estimate of drug-likeness (QED) is 0.913. The van der Waals surface area contributed by atoms with Gasteiger partial charge in [-0.25, -0.2) is 4.79 Å². The Morgan fingerprint density at radius 3 is 2.87 bits per heavy atom. The number of amides is 2. The summed E-state index contributed by atoms with van der Waals surface area (Å²) in [6.45, 7) is 3.76. The summed E-state index contributed by atoms with van der Waals surface area (Å²) in [7, 11) is 0. The highest BCUT2D eigenvalue weighted by molar-refractivity contribution is 5.90. The number of hydrogen-bond acceptors (Lipinski definition) is 3. The van der Waals surface area contributed by atoms with Crippen LogP contribution in [0.3, 0.4) is 0 Å². The van der Waals surface area contributed by atoms with Crippen LogP contribution in [-0.2, 0) is 11.3 Å². The Morgan fingerprint density at radius 2 is 2.17 bits per heavy atom. The Bertz CT molecular complexity index is 633. The summed E-state index contributed by atoms with van der Waals surface area (Å²) < 4.78 is 11.1. The van der Waals surface area contributed by atoms with E-state index in [9.17, 15) is 4.79 Å². The lowest BCUT2D eigenvalue weighted by Gasteiger charge is -2.25. The molecule has 1 atom stereocenters. The van der Waals surface area contributed by atoms with Gasteiger partial charge in [-0.05, 0) is 43.5 Å². The first kappa shape index (κ1) is 15.6. The van der Waals surface area contributed by atoms with E-state index in [2.05, 4.69) is 5.32 Å². The van der Waals surface area contributed by atoms with Crippen molar-refractivity contribution in [3.63, 3.8) is 0 Å². The Balaban J connectivity index is 1.70. The third-order valence-corrected chi connectivity index (χ3v) is 4.05. The maximum atomic E-state index is 12.7. The first-order valence-electron chi connectivity index (χ1n) is 7.98. The van der Waals surface area contributed by atoms with Crippen molar-refractivity contribution in [2.45, 2.75) is 32.4 Å². The third-order valence-electron chi connectivity index (χ3n) is 4.05. The number of furan rings is 1. The molecule has 2 amide bonds. The summed E-state index contributed by atoms with van der Waals surface area (Å²) in [5.41, 5.74) is 1.87. The lowest BCUT2D eigenvalue weighted by molar-refractivity contribution is 0.0803. The number of nitrogens with zero attached hydrogens (tertiary/aromatic N) is 1. The molecule has 1 aromatic carbocycles. The molecule has 1 saturated heterocycles. The second kappa shape index (κ2) is 7.33. The molecule has 3 rings (SSSR count). The fourth-order valence-corrected chi connectivity index (χ4v) is 2.75. The monoisotopic (exact) mass is 314 g/mol. The number of ether oxygens (including phenoxy) is 1. The minimum atomic E-state index is -0.133. The van der Waals surface area contributed by atoms with Gasteiger partial charge in [-0.3, -0.25) is 0 Å². The Morgan fingerprint density at radius 1 is 1.30 bits per heavy atom. The fraction of sp³-hybridized carbons (Fsp3) is 0.389. The van der Waals surface area contributed by atoms with Crippen molar-refractivity contribution < 1.29 is 13.9 Å². The largest absolute Gasteiger partial charge is 0.467 e. The number of aryl methyl sites for hydroxylation is 1. The van der Waals surface area contributed by atoms with Crippen LogP contribution in [0.4, 0.5) is 10.5 Å². The standard InChI is InChI=1S/C18H22N2O3/c1-14-6-2-3-9-17(14)19-18(21)20(12-15-7-4-10-22-15)13-16-8-5-11-23-16/h2-4,6-7,9-10,16H,5,8,11-13H2,1H3,(H,19,21). The van der Waals surface area contributed by atoms with E-state index in [1.54, 1.807) is 11.2 Å². The molecule has 1 fully saturated rings. The van der Waals surface area contributed by atoms with Crippen LogP contribution >= 0.6 is 0 Å². The lowest BCUT2D eigenvalue weighted by Crippen LogP contribution is -2.39. The summed E-state index contributed by atoms with van der Waals surface area (Å²) in [4.78, 5) is 14.4. The molecule has 1 aliphatic heterocycles. The van der Waals surface area contributed by atoms with Gasteiger partial charge in [0, 0.05) is 18.8 Å². The van der Waals surface area contributed by atoms with Gasteiger partial charge >= 0.3 is 6.03 Å². The van der Waals surface area contributed by atoms with Gasteiger partial charge in [0.1, 0.15) is 5.76 Å². The zero-order valence-corrected chi connectivity index (χ0v) is 13.3. The molecule has 5 nitrogen and oxygen atoms in total. The minimum Gasteiger partial charge on any atom is -0.467 e. The molecule has 1 aliphatic rings. The van der Waals surface area contributed by atoms with Crippen molar-refractivity contribution in [2.24, 2.45) is 0 Å². The fourth-order valence-electron chi connectivity index (χ4n) is 2.75. The predicted molar refractivity (Wildman–Crippen MR) is 88.3 cm³/mol. The lowest BCUT2D eigenvalue weighted by atomic mass is 10.2. The average molecular weight is 314 g/mol. The summed E-state index contributed by atoms with van der Waals surface area (Å²) in [6, 6.07) is 11.3. The predicted octanol–water partition coefficient (Wildman–Crippen LogP) is 3.80. The van der Waals surface area contributed by atoms with E-state index in [1.807, 2.05) is 43.3 Å². The molecule has 0 saturated carbocycles. The molecular weight excluding hydrogens is 292 g/mol. The molecular formula is C18H22N2O3. The van der Waals surface area contributed by atoms with E-state index < -0.39 is 0 Å². The van der Waals surface area contributed by atoms with Crippen molar-refractivity contribution in [3.8, 4) is 0 Å². The van der Waals surface area contributed by atoms with E-state index in [1.165, 1.54) is 0 Å². The molecule has 122 valence electrons. The summed E-state index contributed by atoms with van der Waals surface area (Å²) in [5, 5.41) is 2.99. The summed E-state index contributed by atoms with van der Waals surface area (Å²) in [6.07, 6.45) is 3.77. The number of benzene rings is 1. The molecule has 23 heavy (non-hydrogen) atoms. The number of anilines is 1. The average Bonchev–Trinajstić information content (AvgIpc) is 3.22. The van der Waals surface area contributed by atoms with Crippen molar-refractivity contribution in [1.29, 1.82) is 0 Å². The van der Waals surface area contributed by atoms with Crippen LogP contribution < -0.4 is 5.32 Å². The molecule has 0 bridgehead atoms. The van der Waals surface area contributed by atoms with Gasteiger partial charge in [0.15, 0.2) is 0 Å². The highest BCUT2D eigenvalue weighted by Gasteiger charge is 2.23. The van der Waals surface area contributed by atoms with Gasteiger partial charge in [0.25, 0.3) is 0 Å². The molecule has 1 aromatic heterocycles. The molecule has 1 N–H and O–H groups in total. The van der Waals surface area contributed by atoms with Crippen molar-refractivity contribution in [1.82, 2.24) is 4.90 Å². The number of carbonyl (C=O) groups excluding carboxylic acids is 1.